The fraction of sp³-hybridized carbons (Fsp3) is 0.611. The van der Waals surface area contributed by atoms with Crippen LogP contribution in [0.5, 0.6) is 5.75 Å². The molecular formula is C18H30N2O3. The Morgan fingerprint density at radius 2 is 2.00 bits per heavy atom. The summed E-state index contributed by atoms with van der Waals surface area (Å²) in [4.78, 5) is 11.7. The van der Waals surface area contributed by atoms with Crippen molar-refractivity contribution in [2.24, 2.45) is 0 Å². The van der Waals surface area contributed by atoms with E-state index in [1.54, 1.807) is 0 Å². The van der Waals surface area contributed by atoms with Crippen LogP contribution in [-0.4, -0.2) is 30.9 Å². The van der Waals surface area contributed by atoms with Crippen molar-refractivity contribution in [1.82, 2.24) is 5.32 Å². The van der Waals surface area contributed by atoms with Crippen LogP contribution in [-0.2, 0) is 4.74 Å². The van der Waals surface area contributed by atoms with Gasteiger partial charge in [0.15, 0.2) is 0 Å². The molecule has 1 aromatic carbocycles. The smallest absolute Gasteiger partial charge is 0.407 e. The van der Waals surface area contributed by atoms with Crippen LogP contribution in [0, 0.1) is 6.92 Å². The number of nitrogens with one attached hydrogen (secondary N) is 2. The summed E-state index contributed by atoms with van der Waals surface area (Å²) >= 11 is 0. The molecule has 0 fully saturated rings. The van der Waals surface area contributed by atoms with Crippen molar-refractivity contribution < 1.29 is 14.3 Å². The highest BCUT2D eigenvalue weighted by Crippen LogP contribution is 2.26. The second kappa shape index (κ2) is 8.65. The van der Waals surface area contributed by atoms with E-state index in [2.05, 4.69) is 17.6 Å². The molecule has 0 aromatic heterocycles. The number of anilines is 1. The molecule has 130 valence electrons. The Labute approximate surface area is 139 Å². The van der Waals surface area contributed by atoms with E-state index >= 15 is 0 Å². The van der Waals surface area contributed by atoms with Crippen molar-refractivity contribution in [3.8, 4) is 5.75 Å². The fourth-order valence-corrected chi connectivity index (χ4v) is 1.95. The van der Waals surface area contributed by atoms with Crippen LogP contribution in [0.25, 0.3) is 0 Å². The molecule has 5 nitrogen and oxygen atoms in total. The minimum absolute atomic E-state index is 0.0502. The highest BCUT2D eigenvalue weighted by atomic mass is 16.6. The molecule has 0 spiro atoms. The van der Waals surface area contributed by atoms with Gasteiger partial charge in [-0.15, -0.1) is 0 Å². The van der Waals surface area contributed by atoms with Gasteiger partial charge in [-0.2, -0.15) is 0 Å². The Morgan fingerprint density at radius 3 is 2.61 bits per heavy atom. The van der Waals surface area contributed by atoms with Crippen molar-refractivity contribution in [3.63, 3.8) is 0 Å². The van der Waals surface area contributed by atoms with Crippen LogP contribution in [0.3, 0.4) is 0 Å². The molecule has 1 amide bonds. The molecule has 0 bridgehead atoms. The van der Waals surface area contributed by atoms with E-state index in [1.807, 2.05) is 52.8 Å². The first-order chi connectivity index (χ1) is 10.7. The van der Waals surface area contributed by atoms with Crippen LogP contribution in [0.15, 0.2) is 18.2 Å². The molecule has 1 unspecified atom stereocenters. The molecule has 0 aliphatic carbocycles. The van der Waals surface area contributed by atoms with Crippen molar-refractivity contribution in [2.45, 2.75) is 59.6 Å². The van der Waals surface area contributed by atoms with Gasteiger partial charge < -0.3 is 20.1 Å². The molecule has 0 aliphatic heterocycles. The van der Waals surface area contributed by atoms with E-state index in [0.29, 0.717) is 13.2 Å². The Bertz CT molecular complexity index is 509. The number of carbonyl (C=O) groups is 1. The molecule has 1 atom stereocenters. The van der Waals surface area contributed by atoms with Gasteiger partial charge in [0.05, 0.1) is 12.3 Å². The lowest BCUT2D eigenvalue weighted by atomic mass is 10.2. The maximum absolute atomic E-state index is 11.7. The summed E-state index contributed by atoms with van der Waals surface area (Å²) in [6.07, 6.45) is 0.556. The molecule has 5 heteroatoms. The van der Waals surface area contributed by atoms with Gasteiger partial charge in [0.25, 0.3) is 0 Å². The third-order valence-corrected chi connectivity index (χ3v) is 2.95. The molecule has 0 saturated carbocycles. The quantitative estimate of drug-likeness (QED) is 0.793. The van der Waals surface area contributed by atoms with E-state index in [4.69, 9.17) is 9.47 Å². The van der Waals surface area contributed by atoms with E-state index < -0.39 is 11.7 Å². The van der Waals surface area contributed by atoms with E-state index in [-0.39, 0.29) is 6.04 Å². The number of alkyl carbamates (subject to hydrolysis) is 1. The molecule has 1 rings (SSSR count). The summed E-state index contributed by atoms with van der Waals surface area (Å²) in [7, 11) is 0. The summed E-state index contributed by atoms with van der Waals surface area (Å²) in [6.45, 7) is 12.8. The average molecular weight is 322 g/mol. The van der Waals surface area contributed by atoms with Gasteiger partial charge in [0.2, 0.25) is 0 Å². The summed E-state index contributed by atoms with van der Waals surface area (Å²) in [5.74, 6) is 0.843. The normalized spacial score (nSPS) is 12.4. The van der Waals surface area contributed by atoms with Crippen LogP contribution in [0.4, 0.5) is 10.5 Å². The average Bonchev–Trinajstić information content (AvgIpc) is 2.43. The minimum atomic E-state index is -0.487. The van der Waals surface area contributed by atoms with Crippen LogP contribution < -0.4 is 15.4 Å². The van der Waals surface area contributed by atoms with E-state index in [0.717, 1.165) is 23.4 Å². The number of hydrogen-bond donors (Lipinski definition) is 2. The maximum atomic E-state index is 11.7. The van der Waals surface area contributed by atoms with Crippen molar-refractivity contribution in [1.29, 1.82) is 0 Å². The van der Waals surface area contributed by atoms with Crippen molar-refractivity contribution in [3.05, 3.63) is 23.8 Å². The lowest BCUT2D eigenvalue weighted by Gasteiger charge is -2.22. The van der Waals surface area contributed by atoms with E-state index in [1.165, 1.54) is 0 Å². The molecule has 1 aromatic rings. The minimum Gasteiger partial charge on any atom is -0.491 e. The van der Waals surface area contributed by atoms with Crippen LogP contribution >= 0.6 is 0 Å². The zero-order valence-electron chi connectivity index (χ0n) is 15.2. The largest absolute Gasteiger partial charge is 0.491 e. The predicted molar refractivity (Wildman–Crippen MR) is 94.3 cm³/mol. The summed E-state index contributed by atoms with van der Waals surface area (Å²) < 4.78 is 11.0. The monoisotopic (exact) mass is 322 g/mol. The van der Waals surface area contributed by atoms with E-state index in [9.17, 15) is 4.79 Å². The third-order valence-electron chi connectivity index (χ3n) is 2.95. The van der Waals surface area contributed by atoms with Gasteiger partial charge in [0.1, 0.15) is 11.4 Å². The highest BCUT2D eigenvalue weighted by Gasteiger charge is 2.16. The van der Waals surface area contributed by atoms with Gasteiger partial charge in [-0.25, -0.2) is 4.79 Å². The van der Waals surface area contributed by atoms with Crippen LogP contribution in [0.1, 0.15) is 46.6 Å². The fourth-order valence-electron chi connectivity index (χ4n) is 1.95. The number of ether oxygens (including phenoxy) is 2. The first kappa shape index (κ1) is 19.1. The molecule has 0 aliphatic rings. The topological polar surface area (TPSA) is 59.6 Å². The standard InChI is InChI=1S/C18H30N2O3/c1-7-10-22-16-11-13(2)8-9-15(16)20-14(3)12-19-17(21)23-18(4,5)6/h8-9,11,14,20H,7,10,12H2,1-6H3,(H,19,21). The van der Waals surface area contributed by atoms with Crippen molar-refractivity contribution >= 4 is 11.8 Å². The van der Waals surface area contributed by atoms with Gasteiger partial charge in [-0.3, -0.25) is 0 Å². The van der Waals surface area contributed by atoms with Gasteiger partial charge in [0, 0.05) is 12.6 Å². The first-order valence-corrected chi connectivity index (χ1v) is 8.18. The lowest BCUT2D eigenvalue weighted by molar-refractivity contribution is 0.0526. The summed E-state index contributed by atoms with van der Waals surface area (Å²) in [6, 6.07) is 6.11. The van der Waals surface area contributed by atoms with Gasteiger partial charge in [-0.05, 0) is 58.7 Å². The number of aryl methyl sites for hydroxylation is 1. The Balaban J connectivity index is 2.56. The summed E-state index contributed by atoms with van der Waals surface area (Å²) in [5.41, 5.74) is 1.60. The molecule has 23 heavy (non-hydrogen) atoms. The first-order valence-electron chi connectivity index (χ1n) is 8.18. The zero-order valence-corrected chi connectivity index (χ0v) is 15.2. The van der Waals surface area contributed by atoms with Gasteiger partial charge in [-0.1, -0.05) is 13.0 Å². The number of amides is 1. The Kier molecular flexibility index (Phi) is 7.20. The number of hydrogen-bond acceptors (Lipinski definition) is 4. The molecule has 0 radical (unpaired) electrons. The second-order valence-corrected chi connectivity index (χ2v) is 6.78. The number of rotatable bonds is 7. The molecule has 0 heterocycles. The van der Waals surface area contributed by atoms with Gasteiger partial charge >= 0.3 is 6.09 Å². The lowest BCUT2D eigenvalue weighted by Crippen LogP contribution is -2.38. The summed E-state index contributed by atoms with van der Waals surface area (Å²) in [5, 5.41) is 6.14. The zero-order chi connectivity index (χ0) is 17.5. The SMILES string of the molecule is CCCOc1cc(C)ccc1NC(C)CNC(=O)OC(C)(C)C. The number of benzene rings is 1. The molecule has 2 N–H and O–H groups in total. The van der Waals surface area contributed by atoms with Crippen molar-refractivity contribution in [2.75, 3.05) is 18.5 Å². The van der Waals surface area contributed by atoms with Crippen LogP contribution in [0.2, 0.25) is 0 Å². The second-order valence-electron chi connectivity index (χ2n) is 6.78. The Morgan fingerprint density at radius 1 is 1.30 bits per heavy atom. The Hall–Kier alpha value is -1.91. The molecule has 0 saturated heterocycles. The maximum Gasteiger partial charge on any atom is 0.407 e. The molecular weight excluding hydrogens is 292 g/mol. The number of carbonyl (C=O) groups excluding carboxylic acids is 1. The predicted octanol–water partition coefficient (Wildman–Crippen LogP) is 4.11. The third kappa shape index (κ3) is 7.77. The highest BCUT2D eigenvalue weighted by molar-refractivity contribution is 5.67.